The highest BCUT2D eigenvalue weighted by Gasteiger charge is 2.14. The van der Waals surface area contributed by atoms with Gasteiger partial charge in [0.25, 0.3) is 5.91 Å². The highest BCUT2D eigenvalue weighted by Crippen LogP contribution is 2.11. The van der Waals surface area contributed by atoms with Gasteiger partial charge in [-0.2, -0.15) is 0 Å². The SMILES string of the molecule is CN(C)c1cnc(N)c(C(=O)NN=C(N)N)n1. The van der Waals surface area contributed by atoms with Gasteiger partial charge < -0.3 is 22.1 Å². The minimum Gasteiger partial charge on any atom is -0.382 e. The van der Waals surface area contributed by atoms with Crippen LogP contribution in [0.2, 0.25) is 0 Å². The molecule has 0 bridgehead atoms. The molecule has 1 rings (SSSR count). The van der Waals surface area contributed by atoms with E-state index in [2.05, 4.69) is 20.5 Å². The number of anilines is 2. The first-order valence-electron chi connectivity index (χ1n) is 4.60. The van der Waals surface area contributed by atoms with Crippen molar-refractivity contribution < 1.29 is 4.79 Å². The molecule has 9 heteroatoms. The second-order valence-electron chi connectivity index (χ2n) is 3.33. The van der Waals surface area contributed by atoms with Crippen molar-refractivity contribution in [3.8, 4) is 0 Å². The molecule has 0 radical (unpaired) electrons. The van der Waals surface area contributed by atoms with Gasteiger partial charge in [-0.1, -0.05) is 0 Å². The Morgan fingerprint density at radius 2 is 2.12 bits per heavy atom. The molecule has 0 saturated carbocycles. The van der Waals surface area contributed by atoms with Crippen LogP contribution in [-0.2, 0) is 0 Å². The lowest BCUT2D eigenvalue weighted by Crippen LogP contribution is -2.30. The molecule has 0 unspecified atom stereocenters. The van der Waals surface area contributed by atoms with E-state index >= 15 is 0 Å². The molecule has 17 heavy (non-hydrogen) atoms. The van der Waals surface area contributed by atoms with Crippen molar-refractivity contribution in [2.24, 2.45) is 16.6 Å². The first-order valence-corrected chi connectivity index (χ1v) is 4.60. The van der Waals surface area contributed by atoms with Gasteiger partial charge in [-0.3, -0.25) is 4.79 Å². The summed E-state index contributed by atoms with van der Waals surface area (Å²) < 4.78 is 0. The van der Waals surface area contributed by atoms with Gasteiger partial charge in [0, 0.05) is 14.1 Å². The summed E-state index contributed by atoms with van der Waals surface area (Å²) in [6.07, 6.45) is 1.45. The summed E-state index contributed by atoms with van der Waals surface area (Å²) in [5.41, 5.74) is 17.7. The van der Waals surface area contributed by atoms with Crippen molar-refractivity contribution in [3.63, 3.8) is 0 Å². The average molecular weight is 238 g/mol. The third-order valence-corrected chi connectivity index (χ3v) is 1.75. The van der Waals surface area contributed by atoms with Gasteiger partial charge in [-0.25, -0.2) is 15.4 Å². The number of aromatic nitrogens is 2. The van der Waals surface area contributed by atoms with Gasteiger partial charge in [0.15, 0.2) is 11.5 Å². The van der Waals surface area contributed by atoms with Crippen LogP contribution in [-0.4, -0.2) is 35.9 Å². The van der Waals surface area contributed by atoms with Gasteiger partial charge in [-0.05, 0) is 0 Å². The van der Waals surface area contributed by atoms with E-state index in [1.165, 1.54) is 6.20 Å². The lowest BCUT2D eigenvalue weighted by molar-refractivity contribution is 0.0950. The molecule has 1 aromatic heterocycles. The van der Waals surface area contributed by atoms with Crippen LogP contribution in [0.5, 0.6) is 0 Å². The van der Waals surface area contributed by atoms with E-state index in [0.717, 1.165) is 0 Å². The predicted octanol–water partition coefficient (Wildman–Crippen LogP) is -1.96. The molecule has 1 amide bonds. The summed E-state index contributed by atoms with van der Waals surface area (Å²) in [5.74, 6) is -0.409. The Labute approximate surface area is 97.7 Å². The number of nitrogen functional groups attached to an aromatic ring is 1. The topological polar surface area (TPSA) is 149 Å². The molecule has 9 nitrogen and oxygen atoms in total. The molecule has 0 saturated heterocycles. The number of guanidine groups is 1. The number of nitrogens with zero attached hydrogens (tertiary/aromatic N) is 4. The number of rotatable bonds is 3. The third-order valence-electron chi connectivity index (χ3n) is 1.75. The fourth-order valence-electron chi connectivity index (χ4n) is 0.940. The molecule has 0 aliphatic rings. The molecule has 92 valence electrons. The molecule has 0 aromatic carbocycles. The van der Waals surface area contributed by atoms with E-state index in [1.54, 1.807) is 19.0 Å². The molecular weight excluding hydrogens is 224 g/mol. The lowest BCUT2D eigenvalue weighted by atomic mass is 10.4. The molecule has 0 aliphatic carbocycles. The second-order valence-corrected chi connectivity index (χ2v) is 3.33. The normalized spacial score (nSPS) is 9.53. The van der Waals surface area contributed by atoms with Crippen LogP contribution in [0.1, 0.15) is 10.5 Å². The molecule has 7 N–H and O–H groups in total. The fourth-order valence-corrected chi connectivity index (χ4v) is 0.940. The van der Waals surface area contributed by atoms with Gasteiger partial charge in [-0.15, -0.1) is 5.10 Å². The van der Waals surface area contributed by atoms with E-state index in [9.17, 15) is 4.79 Å². The minimum absolute atomic E-state index is 0.00103. The maximum absolute atomic E-state index is 11.6. The molecule has 0 aliphatic heterocycles. The summed E-state index contributed by atoms with van der Waals surface area (Å²) in [6.45, 7) is 0. The smallest absolute Gasteiger partial charge is 0.293 e. The van der Waals surface area contributed by atoms with E-state index in [4.69, 9.17) is 17.2 Å². The standard InChI is InChI=1S/C8H14N8O/c1-16(2)4-3-12-6(9)5(13-4)7(17)14-15-8(10)11/h3H,1-2H3,(H2,9,12)(H,14,17)(H4,10,11,15). The summed E-state index contributed by atoms with van der Waals surface area (Å²) in [6, 6.07) is 0. The molecular formula is C8H14N8O. The van der Waals surface area contributed by atoms with Crippen LogP contribution in [0.25, 0.3) is 0 Å². The van der Waals surface area contributed by atoms with Gasteiger partial charge in [0.05, 0.1) is 6.20 Å². The first-order chi connectivity index (χ1) is 7.91. The van der Waals surface area contributed by atoms with Crippen molar-refractivity contribution in [2.45, 2.75) is 0 Å². The van der Waals surface area contributed by atoms with Crippen LogP contribution in [0.4, 0.5) is 11.6 Å². The number of hydrazone groups is 1. The van der Waals surface area contributed by atoms with Gasteiger partial charge in [0.2, 0.25) is 5.96 Å². The molecule has 1 aromatic rings. The lowest BCUT2D eigenvalue weighted by Gasteiger charge is -2.12. The fraction of sp³-hybridized carbons (Fsp3) is 0.250. The van der Waals surface area contributed by atoms with E-state index in [1.807, 2.05) is 0 Å². The van der Waals surface area contributed by atoms with Crippen LogP contribution in [0.3, 0.4) is 0 Å². The monoisotopic (exact) mass is 238 g/mol. The van der Waals surface area contributed by atoms with Crippen LogP contribution >= 0.6 is 0 Å². The Morgan fingerprint density at radius 3 is 2.65 bits per heavy atom. The zero-order valence-corrected chi connectivity index (χ0v) is 9.51. The quantitative estimate of drug-likeness (QED) is 0.271. The van der Waals surface area contributed by atoms with E-state index in [0.29, 0.717) is 5.82 Å². The Hall–Kier alpha value is -2.58. The zero-order chi connectivity index (χ0) is 13.0. The summed E-state index contributed by atoms with van der Waals surface area (Å²) >= 11 is 0. The first kappa shape index (κ1) is 12.5. The van der Waals surface area contributed by atoms with Crippen LogP contribution in [0.15, 0.2) is 11.3 Å². The van der Waals surface area contributed by atoms with E-state index < -0.39 is 5.91 Å². The number of carbonyl (C=O) groups is 1. The largest absolute Gasteiger partial charge is 0.382 e. The Morgan fingerprint density at radius 1 is 1.47 bits per heavy atom. The molecule has 0 fully saturated rings. The van der Waals surface area contributed by atoms with Gasteiger partial charge in [0.1, 0.15) is 5.82 Å². The highest BCUT2D eigenvalue weighted by atomic mass is 16.2. The highest BCUT2D eigenvalue weighted by molar-refractivity contribution is 5.97. The number of amides is 1. The third kappa shape index (κ3) is 3.19. The maximum atomic E-state index is 11.6. The number of carbonyl (C=O) groups excluding carboxylic acids is 1. The Balaban J connectivity index is 3.00. The van der Waals surface area contributed by atoms with E-state index in [-0.39, 0.29) is 17.5 Å². The second kappa shape index (κ2) is 4.96. The van der Waals surface area contributed by atoms with Crippen molar-refractivity contribution in [2.75, 3.05) is 24.7 Å². The van der Waals surface area contributed by atoms with Crippen molar-refractivity contribution in [3.05, 3.63) is 11.9 Å². The summed E-state index contributed by atoms with van der Waals surface area (Å²) in [5, 5.41) is 3.35. The molecule has 0 atom stereocenters. The van der Waals surface area contributed by atoms with Crippen LogP contribution < -0.4 is 27.5 Å². The Kier molecular flexibility index (Phi) is 3.65. The number of hydrogen-bond acceptors (Lipinski definition) is 6. The average Bonchev–Trinajstić information content (AvgIpc) is 2.26. The van der Waals surface area contributed by atoms with Crippen molar-refractivity contribution >= 4 is 23.5 Å². The summed E-state index contributed by atoms with van der Waals surface area (Å²) in [7, 11) is 3.52. The van der Waals surface area contributed by atoms with Crippen molar-refractivity contribution in [1.29, 1.82) is 0 Å². The van der Waals surface area contributed by atoms with Crippen LogP contribution in [0, 0.1) is 0 Å². The Bertz CT molecular complexity index is 451. The minimum atomic E-state index is -0.632. The maximum Gasteiger partial charge on any atom is 0.293 e. The van der Waals surface area contributed by atoms with Gasteiger partial charge >= 0.3 is 0 Å². The number of hydrogen-bond donors (Lipinski definition) is 4. The molecule has 1 heterocycles. The number of nitrogens with two attached hydrogens (primary N) is 3. The zero-order valence-electron chi connectivity index (χ0n) is 9.51. The number of nitrogens with one attached hydrogen (secondary N) is 1. The predicted molar refractivity (Wildman–Crippen MR) is 64.0 cm³/mol. The van der Waals surface area contributed by atoms with Crippen molar-refractivity contribution in [1.82, 2.24) is 15.4 Å². The molecule has 0 spiro atoms. The summed E-state index contributed by atoms with van der Waals surface area (Å²) in [4.78, 5) is 21.2.